The number of rotatable bonds is 3. The van der Waals surface area contributed by atoms with Gasteiger partial charge in [-0.1, -0.05) is 52.2 Å². The second-order valence-corrected chi connectivity index (χ2v) is 4.98. The molecule has 1 aromatic carbocycles. The molecule has 0 amide bonds. The van der Waals surface area contributed by atoms with Crippen LogP contribution in [0.5, 0.6) is 5.75 Å². The summed E-state index contributed by atoms with van der Waals surface area (Å²) in [5.41, 5.74) is 2.55. The first-order valence-electron chi connectivity index (χ1n) is 7.04. The van der Waals surface area contributed by atoms with Gasteiger partial charge < -0.3 is 5.11 Å². The normalized spacial score (nSPS) is 14.8. The first-order chi connectivity index (χ1) is 8.22. The highest BCUT2D eigenvalue weighted by Gasteiger charge is 2.22. The summed E-state index contributed by atoms with van der Waals surface area (Å²) < 4.78 is 0. The summed E-state index contributed by atoms with van der Waals surface area (Å²) in [6, 6.07) is 6.10. The van der Waals surface area contributed by atoms with Crippen LogP contribution < -0.4 is 0 Å². The van der Waals surface area contributed by atoms with Crippen LogP contribution >= 0.6 is 0 Å². The van der Waals surface area contributed by atoms with Crippen molar-refractivity contribution in [2.75, 3.05) is 0 Å². The Hall–Kier alpha value is -0.980. The van der Waals surface area contributed by atoms with Crippen molar-refractivity contribution >= 4 is 0 Å². The van der Waals surface area contributed by atoms with Crippen LogP contribution in [0.3, 0.4) is 0 Å². The average molecular weight is 234 g/mol. The molecule has 1 fully saturated rings. The van der Waals surface area contributed by atoms with Crippen molar-refractivity contribution in [1.82, 2.24) is 0 Å². The maximum absolute atomic E-state index is 9.74. The maximum Gasteiger partial charge on any atom is 0.119 e. The Morgan fingerprint density at radius 3 is 2.29 bits per heavy atom. The molecule has 1 heteroatoms. The third-order valence-electron chi connectivity index (χ3n) is 3.18. The van der Waals surface area contributed by atoms with E-state index in [0.29, 0.717) is 11.7 Å². The van der Waals surface area contributed by atoms with Gasteiger partial charge in [-0.05, 0) is 42.4 Å². The van der Waals surface area contributed by atoms with Gasteiger partial charge in [0, 0.05) is 0 Å². The molecule has 1 aliphatic carbocycles. The van der Waals surface area contributed by atoms with E-state index >= 15 is 0 Å². The smallest absolute Gasteiger partial charge is 0.119 e. The monoisotopic (exact) mass is 234 g/mol. The van der Waals surface area contributed by atoms with E-state index in [1.807, 2.05) is 12.1 Å². The van der Waals surface area contributed by atoms with Gasteiger partial charge in [0.2, 0.25) is 0 Å². The van der Waals surface area contributed by atoms with Gasteiger partial charge in [-0.2, -0.15) is 0 Å². The minimum Gasteiger partial charge on any atom is -0.508 e. The molecule has 0 radical (unpaired) electrons. The lowest BCUT2D eigenvalue weighted by molar-refractivity contribution is 0.392. The first kappa shape index (κ1) is 14.1. The second kappa shape index (κ2) is 7.37. The van der Waals surface area contributed by atoms with Gasteiger partial charge in [-0.15, -0.1) is 0 Å². The highest BCUT2D eigenvalue weighted by atomic mass is 16.3. The molecular weight excluding hydrogens is 208 g/mol. The minimum absolute atomic E-state index is 0.495. The average Bonchev–Trinajstić information content (AvgIpc) is 2.22. The van der Waals surface area contributed by atoms with Gasteiger partial charge in [0.15, 0.2) is 0 Å². The number of aromatic hydroxyl groups is 1. The molecule has 17 heavy (non-hydrogen) atoms. The van der Waals surface area contributed by atoms with E-state index in [-0.39, 0.29) is 0 Å². The molecule has 96 valence electrons. The molecule has 2 rings (SSSR count). The van der Waals surface area contributed by atoms with E-state index in [1.54, 1.807) is 0 Å². The van der Waals surface area contributed by atoms with E-state index in [1.165, 1.54) is 43.2 Å². The van der Waals surface area contributed by atoms with Crippen molar-refractivity contribution in [3.05, 3.63) is 29.3 Å². The Labute approximate surface area is 106 Å². The number of aryl methyl sites for hydroxylation is 1. The van der Waals surface area contributed by atoms with Crippen LogP contribution in [0.25, 0.3) is 0 Å². The molecule has 0 unspecified atom stereocenters. The Bertz CT molecular complexity index is 326. The summed E-state index contributed by atoms with van der Waals surface area (Å²) in [6.45, 7) is 6.44. The first-order valence-corrected chi connectivity index (χ1v) is 7.04. The number of hydrogen-bond donors (Lipinski definition) is 1. The minimum atomic E-state index is 0.495. The zero-order valence-electron chi connectivity index (χ0n) is 11.5. The Morgan fingerprint density at radius 2 is 1.82 bits per heavy atom. The summed E-state index contributed by atoms with van der Waals surface area (Å²) in [6.07, 6.45) is 7.38. The van der Waals surface area contributed by atoms with E-state index in [2.05, 4.69) is 26.8 Å². The molecule has 0 heterocycles. The molecule has 1 nitrogen and oxygen atoms in total. The van der Waals surface area contributed by atoms with Crippen molar-refractivity contribution in [2.24, 2.45) is 0 Å². The van der Waals surface area contributed by atoms with Crippen LogP contribution in [0.15, 0.2) is 18.2 Å². The number of phenols is 1. The van der Waals surface area contributed by atoms with E-state index in [4.69, 9.17) is 0 Å². The van der Waals surface area contributed by atoms with Crippen LogP contribution in [0.1, 0.15) is 69.9 Å². The quantitative estimate of drug-likeness (QED) is 0.777. The fourth-order valence-corrected chi connectivity index (χ4v) is 2.09. The van der Waals surface area contributed by atoms with Gasteiger partial charge >= 0.3 is 0 Å². The van der Waals surface area contributed by atoms with Gasteiger partial charge in [0.05, 0.1) is 0 Å². The van der Waals surface area contributed by atoms with Crippen molar-refractivity contribution < 1.29 is 5.11 Å². The summed E-state index contributed by atoms with van der Waals surface area (Å²) in [7, 11) is 0. The van der Waals surface area contributed by atoms with Crippen molar-refractivity contribution in [3.63, 3.8) is 0 Å². The topological polar surface area (TPSA) is 20.2 Å². The highest BCUT2D eigenvalue weighted by molar-refractivity contribution is 5.39. The molecule has 1 N–H and O–H groups in total. The summed E-state index contributed by atoms with van der Waals surface area (Å²) in [5.74, 6) is 1.13. The highest BCUT2D eigenvalue weighted by Crippen LogP contribution is 2.40. The number of phenolic OH excluding ortho intramolecular Hbond substituents is 1. The lowest BCUT2D eigenvalue weighted by Gasteiger charge is -2.26. The van der Waals surface area contributed by atoms with E-state index in [9.17, 15) is 5.11 Å². The molecule has 1 aliphatic rings. The van der Waals surface area contributed by atoms with E-state index in [0.717, 1.165) is 6.42 Å². The van der Waals surface area contributed by atoms with Crippen LogP contribution in [0, 0.1) is 0 Å². The predicted octanol–water partition coefficient (Wildman–Crippen LogP) is 5.03. The summed E-state index contributed by atoms with van der Waals surface area (Å²) in [4.78, 5) is 0. The zero-order valence-corrected chi connectivity index (χ0v) is 11.5. The Kier molecular flexibility index (Phi) is 6.10. The fraction of sp³-hybridized carbons (Fsp3) is 0.625. The Morgan fingerprint density at radius 1 is 1.18 bits per heavy atom. The largest absolute Gasteiger partial charge is 0.508 e. The molecule has 0 saturated heterocycles. The molecule has 0 spiro atoms. The lowest BCUT2D eigenvalue weighted by atomic mass is 9.79. The van der Waals surface area contributed by atoms with Crippen molar-refractivity contribution in [2.45, 2.75) is 65.2 Å². The number of benzene rings is 1. The van der Waals surface area contributed by atoms with Crippen molar-refractivity contribution in [3.8, 4) is 5.75 Å². The SMILES string of the molecule is CCC.CCCc1ccc(O)c(C2CCC2)c1. The zero-order chi connectivity index (χ0) is 12.7. The van der Waals surface area contributed by atoms with Gasteiger partial charge in [0.25, 0.3) is 0 Å². The predicted molar refractivity (Wildman–Crippen MR) is 74.7 cm³/mol. The fourth-order valence-electron chi connectivity index (χ4n) is 2.09. The summed E-state index contributed by atoms with van der Waals surface area (Å²) >= 11 is 0. The molecule has 0 bridgehead atoms. The molecule has 0 aliphatic heterocycles. The number of hydrogen-bond acceptors (Lipinski definition) is 1. The molecular formula is C16H26O. The molecule has 0 atom stereocenters. The molecule has 1 aromatic rings. The van der Waals surface area contributed by atoms with Crippen LogP contribution in [0.2, 0.25) is 0 Å². The lowest BCUT2D eigenvalue weighted by Crippen LogP contribution is -2.09. The standard InChI is InChI=1S/C13H18O.C3H8/c1-2-4-10-7-8-13(14)12(9-10)11-5-3-6-11;1-3-2/h7-9,11,14H,2-6H2,1H3;3H2,1-2H3. The van der Waals surface area contributed by atoms with Crippen LogP contribution in [-0.4, -0.2) is 5.11 Å². The summed E-state index contributed by atoms with van der Waals surface area (Å²) in [5, 5.41) is 9.74. The van der Waals surface area contributed by atoms with Gasteiger partial charge in [0.1, 0.15) is 5.75 Å². The van der Waals surface area contributed by atoms with Crippen molar-refractivity contribution in [1.29, 1.82) is 0 Å². The molecule has 1 saturated carbocycles. The van der Waals surface area contributed by atoms with Gasteiger partial charge in [-0.25, -0.2) is 0 Å². The third-order valence-corrected chi connectivity index (χ3v) is 3.18. The second-order valence-electron chi connectivity index (χ2n) is 4.98. The molecule has 0 aromatic heterocycles. The van der Waals surface area contributed by atoms with E-state index < -0.39 is 0 Å². The van der Waals surface area contributed by atoms with Crippen LogP contribution in [-0.2, 0) is 6.42 Å². The van der Waals surface area contributed by atoms with Crippen LogP contribution in [0.4, 0.5) is 0 Å². The third kappa shape index (κ3) is 4.07. The maximum atomic E-state index is 9.74. The Balaban J connectivity index is 0.000000437. The van der Waals surface area contributed by atoms with Gasteiger partial charge in [-0.3, -0.25) is 0 Å².